The number of hydrogen-bond acceptors (Lipinski definition) is 15. The highest BCUT2D eigenvalue weighted by molar-refractivity contribution is 7.47. The fraction of sp³-hybridized carbons (Fsp3) is 0.947. The summed E-state index contributed by atoms with van der Waals surface area (Å²) < 4.78 is 68.5. The molecule has 0 fully saturated rings. The number of carbonyl (C=O) groups is 4. The average Bonchev–Trinajstić information content (AvgIpc) is 1.23. The van der Waals surface area contributed by atoms with Gasteiger partial charge >= 0.3 is 39.5 Å². The van der Waals surface area contributed by atoms with E-state index in [0.29, 0.717) is 25.7 Å². The summed E-state index contributed by atoms with van der Waals surface area (Å²) in [6.45, 7) is 9.56. The van der Waals surface area contributed by atoms with E-state index in [1.165, 1.54) is 205 Å². The molecule has 0 saturated heterocycles. The molecule has 3 N–H and O–H groups in total. The fourth-order valence-corrected chi connectivity index (χ4v) is 13.0. The Hall–Kier alpha value is -1.94. The molecule has 3 unspecified atom stereocenters. The maximum Gasteiger partial charge on any atom is 0.472 e. The fourth-order valence-electron chi connectivity index (χ4n) is 11.4. The standard InChI is InChI=1S/C75H146O17P2/c1-7-10-12-14-16-18-20-22-23-24-25-26-27-28-30-32-42-48-54-60-75(80)92-71(64-86-73(78)58-52-46-40-36-34-38-44-50-56-68(6)9-3)66-90-94(83,84)88-62-69(76)61-87-93(81,82)89-65-70(63-85-72(77)57-51-45-39-35-33-37-43-49-55-67(4)5)91-74(79)59-53-47-41-31-29-21-19-17-15-13-11-8-2/h67-71,76H,7-66H2,1-6H3,(H,81,82)(H,83,84)/t68?,69-,70+,71+/m0/s1. The molecule has 0 radical (unpaired) electrons. The molecule has 6 atom stereocenters. The Bertz CT molecular complexity index is 1820. The van der Waals surface area contributed by atoms with Gasteiger partial charge in [0, 0.05) is 25.7 Å². The first-order valence-corrected chi connectivity index (χ1v) is 42.0. The summed E-state index contributed by atoms with van der Waals surface area (Å²) in [5.74, 6) is -0.613. The molecule has 0 spiro atoms. The molecule has 94 heavy (non-hydrogen) atoms. The summed E-state index contributed by atoms with van der Waals surface area (Å²) in [6.07, 6.45) is 54.1. The van der Waals surface area contributed by atoms with E-state index in [-0.39, 0.29) is 25.7 Å². The summed E-state index contributed by atoms with van der Waals surface area (Å²) in [5.41, 5.74) is 0. The molecular formula is C75H146O17P2. The summed E-state index contributed by atoms with van der Waals surface area (Å²) in [5, 5.41) is 10.6. The predicted octanol–water partition coefficient (Wildman–Crippen LogP) is 21.9. The third-order valence-electron chi connectivity index (χ3n) is 17.8. The molecule has 19 heteroatoms. The van der Waals surface area contributed by atoms with Crippen molar-refractivity contribution in [3.8, 4) is 0 Å². The van der Waals surface area contributed by atoms with E-state index in [2.05, 4.69) is 41.5 Å². The zero-order valence-electron chi connectivity index (χ0n) is 61.3. The lowest BCUT2D eigenvalue weighted by Crippen LogP contribution is -2.30. The third kappa shape index (κ3) is 67.3. The normalized spacial score (nSPS) is 14.3. The van der Waals surface area contributed by atoms with E-state index >= 15 is 0 Å². The summed E-state index contributed by atoms with van der Waals surface area (Å²) >= 11 is 0. The maximum absolute atomic E-state index is 13.1. The quantitative estimate of drug-likeness (QED) is 0.0222. The Balaban J connectivity index is 5.23. The zero-order valence-corrected chi connectivity index (χ0v) is 63.1. The van der Waals surface area contributed by atoms with Crippen LogP contribution >= 0.6 is 15.6 Å². The molecule has 0 heterocycles. The number of hydrogen-bond donors (Lipinski definition) is 3. The summed E-state index contributed by atoms with van der Waals surface area (Å²) in [7, 11) is -9.91. The Kier molecular flexibility index (Phi) is 65.5. The van der Waals surface area contributed by atoms with E-state index in [1.54, 1.807) is 0 Å². The number of carbonyl (C=O) groups excluding carboxylic acids is 4. The van der Waals surface area contributed by atoms with Crippen molar-refractivity contribution in [3.63, 3.8) is 0 Å². The molecule has 0 rings (SSSR count). The first kappa shape index (κ1) is 92.1. The number of esters is 4. The summed E-state index contributed by atoms with van der Waals surface area (Å²) in [6, 6.07) is 0. The van der Waals surface area contributed by atoms with Crippen molar-refractivity contribution in [2.45, 2.75) is 407 Å². The van der Waals surface area contributed by atoms with Gasteiger partial charge in [0.15, 0.2) is 12.2 Å². The number of rotatable bonds is 74. The molecule has 0 aliphatic heterocycles. The molecule has 0 amide bonds. The lowest BCUT2D eigenvalue weighted by molar-refractivity contribution is -0.161. The topological polar surface area (TPSA) is 237 Å². The van der Waals surface area contributed by atoms with E-state index in [0.717, 1.165) is 102 Å². The van der Waals surface area contributed by atoms with Gasteiger partial charge in [0.2, 0.25) is 0 Å². The van der Waals surface area contributed by atoms with E-state index in [4.69, 9.17) is 37.0 Å². The van der Waals surface area contributed by atoms with Crippen LogP contribution < -0.4 is 0 Å². The van der Waals surface area contributed by atoms with Crippen molar-refractivity contribution in [1.29, 1.82) is 0 Å². The first-order chi connectivity index (χ1) is 45.4. The van der Waals surface area contributed by atoms with Crippen LogP contribution in [-0.2, 0) is 65.4 Å². The number of aliphatic hydroxyl groups is 1. The zero-order chi connectivity index (χ0) is 69.3. The molecule has 0 aromatic heterocycles. The molecule has 0 aromatic rings. The van der Waals surface area contributed by atoms with Crippen LogP contribution in [0.25, 0.3) is 0 Å². The minimum atomic E-state index is -4.96. The van der Waals surface area contributed by atoms with E-state index in [1.807, 2.05) is 0 Å². The maximum atomic E-state index is 13.1. The Morgan fingerprint density at radius 3 is 0.809 bits per heavy atom. The Morgan fingerprint density at radius 2 is 0.543 bits per heavy atom. The lowest BCUT2D eigenvalue weighted by atomic mass is 9.99. The molecule has 0 saturated carbocycles. The smallest absolute Gasteiger partial charge is 0.462 e. The first-order valence-electron chi connectivity index (χ1n) is 39.0. The number of phosphoric ester groups is 2. The monoisotopic (exact) mass is 1380 g/mol. The van der Waals surface area contributed by atoms with Gasteiger partial charge in [-0.2, -0.15) is 0 Å². The van der Waals surface area contributed by atoms with Crippen molar-refractivity contribution in [1.82, 2.24) is 0 Å². The van der Waals surface area contributed by atoms with Crippen LogP contribution in [0.4, 0.5) is 0 Å². The molecule has 17 nitrogen and oxygen atoms in total. The average molecular weight is 1380 g/mol. The number of unbranched alkanes of at least 4 members (excludes halogenated alkanes) is 43. The van der Waals surface area contributed by atoms with Crippen LogP contribution in [0, 0.1) is 11.8 Å². The molecule has 0 aliphatic rings. The van der Waals surface area contributed by atoms with Crippen LogP contribution in [0.2, 0.25) is 0 Å². The van der Waals surface area contributed by atoms with Gasteiger partial charge in [-0.1, -0.05) is 337 Å². The van der Waals surface area contributed by atoms with Gasteiger partial charge in [0.05, 0.1) is 26.4 Å². The van der Waals surface area contributed by atoms with Crippen molar-refractivity contribution in [2.24, 2.45) is 11.8 Å². The number of ether oxygens (including phenoxy) is 4. The van der Waals surface area contributed by atoms with Gasteiger partial charge in [-0.05, 0) is 37.5 Å². The highest BCUT2D eigenvalue weighted by atomic mass is 31.2. The van der Waals surface area contributed by atoms with Gasteiger partial charge in [0.25, 0.3) is 0 Å². The molecule has 0 aromatic carbocycles. The SMILES string of the molecule is CCCCCCCCCCCCCCCCCCCCCC(=O)O[C@H](COC(=O)CCCCCCCCCCC(C)CC)COP(=O)(O)OC[C@@H](O)COP(=O)(O)OC[C@@H](COC(=O)CCCCCCCCCCC(C)C)OC(=O)CCCCCCCCCCCCCC. The van der Waals surface area contributed by atoms with Crippen LogP contribution in [0.15, 0.2) is 0 Å². The van der Waals surface area contributed by atoms with Gasteiger partial charge in [-0.15, -0.1) is 0 Å². The molecule has 0 bridgehead atoms. The van der Waals surface area contributed by atoms with Crippen molar-refractivity contribution < 1.29 is 80.2 Å². The Labute approximate surface area is 575 Å². The van der Waals surface area contributed by atoms with Crippen LogP contribution in [-0.4, -0.2) is 96.7 Å². The van der Waals surface area contributed by atoms with Gasteiger partial charge in [-0.25, -0.2) is 9.13 Å². The van der Waals surface area contributed by atoms with E-state index in [9.17, 15) is 43.2 Å². The van der Waals surface area contributed by atoms with Crippen LogP contribution in [0.5, 0.6) is 0 Å². The van der Waals surface area contributed by atoms with Crippen molar-refractivity contribution >= 4 is 39.5 Å². The van der Waals surface area contributed by atoms with Crippen LogP contribution in [0.3, 0.4) is 0 Å². The third-order valence-corrected chi connectivity index (χ3v) is 19.7. The van der Waals surface area contributed by atoms with Gasteiger partial charge in [-0.3, -0.25) is 37.3 Å². The van der Waals surface area contributed by atoms with Crippen molar-refractivity contribution in [2.75, 3.05) is 39.6 Å². The minimum Gasteiger partial charge on any atom is -0.462 e. The highest BCUT2D eigenvalue weighted by Gasteiger charge is 2.30. The second-order valence-corrected chi connectivity index (χ2v) is 30.7. The minimum absolute atomic E-state index is 0.107. The van der Waals surface area contributed by atoms with Gasteiger partial charge in [0.1, 0.15) is 19.3 Å². The number of aliphatic hydroxyl groups excluding tert-OH is 1. The number of phosphoric acid groups is 2. The highest BCUT2D eigenvalue weighted by Crippen LogP contribution is 2.45. The molecular weight excluding hydrogens is 1230 g/mol. The van der Waals surface area contributed by atoms with Gasteiger partial charge < -0.3 is 33.8 Å². The molecule has 558 valence electrons. The summed E-state index contributed by atoms with van der Waals surface area (Å²) in [4.78, 5) is 72.7. The van der Waals surface area contributed by atoms with Crippen LogP contribution in [0.1, 0.15) is 388 Å². The van der Waals surface area contributed by atoms with E-state index < -0.39 is 97.5 Å². The molecule has 0 aliphatic carbocycles. The second kappa shape index (κ2) is 66.9. The lowest BCUT2D eigenvalue weighted by Gasteiger charge is -2.21. The second-order valence-electron chi connectivity index (χ2n) is 27.8. The van der Waals surface area contributed by atoms with Crippen molar-refractivity contribution in [3.05, 3.63) is 0 Å². The Morgan fingerprint density at radius 1 is 0.309 bits per heavy atom. The largest absolute Gasteiger partial charge is 0.472 e. The predicted molar refractivity (Wildman–Crippen MR) is 381 cm³/mol.